The average molecular weight is 542 g/mol. The van der Waals surface area contributed by atoms with Crippen LogP contribution in [-0.4, -0.2) is 67.7 Å². The lowest BCUT2D eigenvalue weighted by Gasteiger charge is -2.38. The van der Waals surface area contributed by atoms with Gasteiger partial charge in [0.15, 0.2) is 0 Å². The van der Waals surface area contributed by atoms with Crippen LogP contribution in [0.2, 0.25) is 5.02 Å². The first-order chi connectivity index (χ1) is 17.7. The van der Waals surface area contributed by atoms with E-state index in [-0.39, 0.29) is 48.1 Å². The highest BCUT2D eigenvalue weighted by Gasteiger charge is 2.49. The van der Waals surface area contributed by atoms with Crippen LogP contribution < -0.4 is 20.9 Å². The second-order valence-corrected chi connectivity index (χ2v) is 10.2. The second kappa shape index (κ2) is 10.1. The van der Waals surface area contributed by atoms with Gasteiger partial charge in [0.05, 0.1) is 28.9 Å². The minimum atomic E-state index is -2.90. The summed E-state index contributed by atoms with van der Waals surface area (Å²) in [6, 6.07) is 3.82. The van der Waals surface area contributed by atoms with Crippen molar-refractivity contribution in [1.82, 2.24) is 20.9 Å². The minimum Gasteiger partial charge on any atom is -0.362 e. The molecule has 3 aliphatic heterocycles. The molecule has 0 unspecified atom stereocenters. The number of hydrogen-bond donors (Lipinski definition) is 3. The smallest absolute Gasteiger partial charge is 0.345 e. The summed E-state index contributed by atoms with van der Waals surface area (Å²) in [5.41, 5.74) is 0.162. The lowest BCUT2D eigenvalue weighted by molar-refractivity contribution is -0.197. The number of anilines is 1. The van der Waals surface area contributed by atoms with E-state index in [1.54, 1.807) is 4.90 Å². The SMILES string of the molecule is O=C(N[C@H]1CC[C@@]2(CCN(c3ccc(F)cc3Cl)C2=O)CC1)C1=C(C(=O)N2CC(OC(F)F)C2)NCN1. The van der Waals surface area contributed by atoms with Crippen LogP contribution in [0.15, 0.2) is 29.6 Å². The maximum atomic E-state index is 13.4. The number of nitrogens with one attached hydrogen (secondary N) is 3. The normalized spacial score (nSPS) is 26.0. The van der Waals surface area contributed by atoms with Crippen LogP contribution in [0.1, 0.15) is 32.1 Å². The molecule has 3 N–H and O–H groups in total. The van der Waals surface area contributed by atoms with Gasteiger partial charge in [-0.2, -0.15) is 8.78 Å². The van der Waals surface area contributed by atoms with E-state index >= 15 is 0 Å². The summed E-state index contributed by atoms with van der Waals surface area (Å²) in [6.45, 7) is -2.15. The molecule has 0 bridgehead atoms. The monoisotopic (exact) mass is 541 g/mol. The summed E-state index contributed by atoms with van der Waals surface area (Å²) in [5, 5.41) is 8.86. The summed E-state index contributed by atoms with van der Waals surface area (Å²) in [7, 11) is 0. The molecule has 2 saturated heterocycles. The number of likely N-dealkylation sites (tertiary alicyclic amines) is 1. The molecule has 0 atom stereocenters. The number of ether oxygens (including phenoxy) is 1. The standard InChI is InChI=1S/C24H27ClF3N5O4/c25-16-9-13(26)1-2-17(16)33-8-7-24(22(33)36)5-3-14(4-6-24)31-20(34)18-19(30-12-29-18)21(35)32-10-15(11-32)37-23(27)28/h1-2,9,14-15,23,29-30H,3-8,10-12H2,(H,31,34)/t14-,24-. The summed E-state index contributed by atoms with van der Waals surface area (Å²) in [5.74, 6) is -1.39. The van der Waals surface area contributed by atoms with Crippen LogP contribution >= 0.6 is 11.6 Å². The highest BCUT2D eigenvalue weighted by Crippen LogP contribution is 2.47. The van der Waals surface area contributed by atoms with Crippen molar-refractivity contribution >= 4 is 35.0 Å². The molecule has 0 aromatic heterocycles. The third kappa shape index (κ3) is 4.96. The second-order valence-electron chi connectivity index (χ2n) is 9.84. The zero-order valence-corrected chi connectivity index (χ0v) is 20.6. The molecular weight excluding hydrogens is 515 g/mol. The maximum Gasteiger partial charge on any atom is 0.345 e. The van der Waals surface area contributed by atoms with Gasteiger partial charge in [-0.25, -0.2) is 4.39 Å². The Balaban J connectivity index is 1.17. The Bertz CT molecular complexity index is 1140. The molecule has 0 radical (unpaired) electrons. The van der Waals surface area contributed by atoms with Gasteiger partial charge in [-0.1, -0.05) is 11.6 Å². The van der Waals surface area contributed by atoms with Gasteiger partial charge in [0.1, 0.15) is 17.2 Å². The van der Waals surface area contributed by atoms with Crippen molar-refractivity contribution in [2.75, 3.05) is 31.2 Å². The lowest BCUT2D eigenvalue weighted by Crippen LogP contribution is -2.56. The third-order valence-corrected chi connectivity index (χ3v) is 7.95. The Morgan fingerprint density at radius 1 is 1.14 bits per heavy atom. The fraction of sp³-hybridized carbons (Fsp3) is 0.542. The van der Waals surface area contributed by atoms with Gasteiger partial charge in [0.25, 0.3) is 11.8 Å². The van der Waals surface area contributed by atoms with Gasteiger partial charge in [-0.3, -0.25) is 14.4 Å². The van der Waals surface area contributed by atoms with Gasteiger partial charge < -0.3 is 30.5 Å². The Hall–Kier alpha value is -2.99. The minimum absolute atomic E-state index is 0.0299. The zero-order chi connectivity index (χ0) is 26.3. The summed E-state index contributed by atoms with van der Waals surface area (Å²) >= 11 is 6.18. The van der Waals surface area contributed by atoms with Gasteiger partial charge in [-0.05, 0) is 50.3 Å². The Morgan fingerprint density at radius 2 is 1.84 bits per heavy atom. The molecule has 3 heterocycles. The number of amides is 3. The fourth-order valence-electron chi connectivity index (χ4n) is 5.55. The number of halogens is 4. The predicted octanol–water partition coefficient (Wildman–Crippen LogP) is 2.07. The quantitative estimate of drug-likeness (QED) is 0.510. The molecule has 13 heteroatoms. The van der Waals surface area contributed by atoms with E-state index in [0.29, 0.717) is 44.3 Å². The number of alkyl halides is 2. The van der Waals surface area contributed by atoms with E-state index in [0.717, 1.165) is 0 Å². The van der Waals surface area contributed by atoms with E-state index < -0.39 is 35.8 Å². The molecule has 3 amide bonds. The van der Waals surface area contributed by atoms with Crippen molar-refractivity contribution in [3.63, 3.8) is 0 Å². The summed E-state index contributed by atoms with van der Waals surface area (Å²) in [6.07, 6.45) is 2.28. The maximum absolute atomic E-state index is 13.4. The summed E-state index contributed by atoms with van der Waals surface area (Å²) < 4.78 is 42.5. The molecule has 200 valence electrons. The van der Waals surface area contributed by atoms with E-state index in [9.17, 15) is 27.6 Å². The molecule has 1 spiro atoms. The van der Waals surface area contributed by atoms with Crippen molar-refractivity contribution in [2.45, 2.75) is 50.9 Å². The Labute approximate surface area is 216 Å². The molecule has 9 nitrogen and oxygen atoms in total. The molecule has 4 aliphatic rings. The largest absolute Gasteiger partial charge is 0.362 e. The first-order valence-electron chi connectivity index (χ1n) is 12.2. The number of rotatable bonds is 6. The molecule has 1 aromatic carbocycles. The zero-order valence-electron chi connectivity index (χ0n) is 19.9. The predicted molar refractivity (Wildman–Crippen MR) is 127 cm³/mol. The van der Waals surface area contributed by atoms with E-state index in [1.807, 2.05) is 0 Å². The van der Waals surface area contributed by atoms with E-state index in [4.69, 9.17) is 11.6 Å². The number of nitrogens with zero attached hydrogens (tertiary/aromatic N) is 2. The molecular formula is C24H27ClF3N5O4. The molecule has 37 heavy (non-hydrogen) atoms. The topological polar surface area (TPSA) is 103 Å². The molecule has 1 aliphatic carbocycles. The number of benzene rings is 1. The van der Waals surface area contributed by atoms with Gasteiger partial charge in [0.2, 0.25) is 5.91 Å². The van der Waals surface area contributed by atoms with E-state index in [2.05, 4.69) is 20.7 Å². The average Bonchev–Trinajstić information content (AvgIpc) is 3.43. The molecule has 1 saturated carbocycles. The summed E-state index contributed by atoms with van der Waals surface area (Å²) in [4.78, 5) is 42.0. The Morgan fingerprint density at radius 3 is 2.51 bits per heavy atom. The first kappa shape index (κ1) is 25.7. The highest BCUT2D eigenvalue weighted by atomic mass is 35.5. The van der Waals surface area contributed by atoms with Crippen LogP contribution in [0.25, 0.3) is 0 Å². The van der Waals surface area contributed by atoms with Crippen molar-refractivity contribution in [2.24, 2.45) is 5.41 Å². The van der Waals surface area contributed by atoms with Crippen LogP contribution in [-0.2, 0) is 19.1 Å². The molecule has 3 fully saturated rings. The van der Waals surface area contributed by atoms with Crippen molar-refractivity contribution < 1.29 is 32.3 Å². The van der Waals surface area contributed by atoms with Crippen LogP contribution in [0.5, 0.6) is 0 Å². The van der Waals surface area contributed by atoms with Gasteiger partial charge in [0, 0.05) is 25.7 Å². The van der Waals surface area contributed by atoms with Crippen molar-refractivity contribution in [3.8, 4) is 0 Å². The fourth-order valence-corrected chi connectivity index (χ4v) is 5.82. The number of carbonyl (C=O) groups is 3. The van der Waals surface area contributed by atoms with E-state index in [1.165, 1.54) is 23.1 Å². The number of carbonyl (C=O) groups excluding carboxylic acids is 3. The van der Waals surface area contributed by atoms with Gasteiger partial charge in [-0.15, -0.1) is 0 Å². The van der Waals surface area contributed by atoms with Gasteiger partial charge >= 0.3 is 6.61 Å². The third-order valence-electron chi connectivity index (χ3n) is 7.64. The van der Waals surface area contributed by atoms with Crippen LogP contribution in [0, 0.1) is 11.2 Å². The molecule has 1 aromatic rings. The molecule has 5 rings (SSSR count). The highest BCUT2D eigenvalue weighted by molar-refractivity contribution is 6.34. The van der Waals surface area contributed by atoms with Crippen LogP contribution in [0.3, 0.4) is 0 Å². The van der Waals surface area contributed by atoms with Crippen LogP contribution in [0.4, 0.5) is 18.9 Å². The number of hydrogen-bond acceptors (Lipinski definition) is 6. The Kier molecular flexibility index (Phi) is 6.97. The van der Waals surface area contributed by atoms with Crippen molar-refractivity contribution in [3.05, 3.63) is 40.4 Å². The first-order valence-corrected chi connectivity index (χ1v) is 12.6. The lowest BCUT2D eigenvalue weighted by atomic mass is 9.71. The van der Waals surface area contributed by atoms with Crippen molar-refractivity contribution in [1.29, 1.82) is 0 Å².